The number of anilines is 2. The highest BCUT2D eigenvalue weighted by Gasteiger charge is 2.30. The fourth-order valence-corrected chi connectivity index (χ4v) is 5.11. The van der Waals surface area contributed by atoms with Gasteiger partial charge in [-0.05, 0) is 12.1 Å². The molecule has 1 saturated heterocycles. The second-order valence-corrected chi connectivity index (χ2v) is 9.22. The zero-order valence-corrected chi connectivity index (χ0v) is 20.0. The van der Waals surface area contributed by atoms with Crippen LogP contribution in [-0.4, -0.2) is 68.0 Å². The van der Waals surface area contributed by atoms with Crippen LogP contribution in [-0.2, 0) is 10.0 Å². The van der Waals surface area contributed by atoms with Crippen molar-refractivity contribution in [3.63, 3.8) is 0 Å². The first-order chi connectivity index (χ1) is 15.7. The largest absolute Gasteiger partial charge is 0.493 e. The van der Waals surface area contributed by atoms with E-state index in [0.29, 0.717) is 41.4 Å². The Balaban J connectivity index is 0.00000324. The van der Waals surface area contributed by atoms with E-state index in [9.17, 15) is 18.5 Å². The van der Waals surface area contributed by atoms with Crippen molar-refractivity contribution in [3.05, 3.63) is 46.5 Å². The SMILES string of the molecule is COc1cc2nc(N3CCN(S(=O)(=O)c4cccc([N+](=O)[O-])c4)CC3)nc(N)c2cc1OC.Cl. The lowest BCUT2D eigenvalue weighted by atomic mass is 10.2. The molecule has 4 rings (SSSR count). The number of aromatic nitrogens is 2. The summed E-state index contributed by atoms with van der Waals surface area (Å²) in [4.78, 5) is 21.1. The number of halogens is 1. The number of piperazine rings is 1. The molecule has 1 aliphatic rings. The van der Waals surface area contributed by atoms with Crippen LogP contribution in [0.25, 0.3) is 10.9 Å². The molecule has 2 N–H and O–H groups in total. The van der Waals surface area contributed by atoms with Crippen molar-refractivity contribution < 1.29 is 22.8 Å². The molecule has 34 heavy (non-hydrogen) atoms. The Morgan fingerprint density at radius 1 is 1.03 bits per heavy atom. The molecule has 0 aliphatic carbocycles. The molecular formula is C20H23ClN6O6S. The number of nitrogen functional groups attached to an aromatic ring is 1. The number of nitro benzene ring substituents is 1. The topological polar surface area (TPSA) is 154 Å². The van der Waals surface area contributed by atoms with Crippen molar-refractivity contribution >= 4 is 50.8 Å². The van der Waals surface area contributed by atoms with E-state index in [2.05, 4.69) is 9.97 Å². The third kappa shape index (κ3) is 4.62. The van der Waals surface area contributed by atoms with Gasteiger partial charge in [-0.2, -0.15) is 9.29 Å². The molecule has 0 unspecified atom stereocenters. The Bertz CT molecular complexity index is 1330. The summed E-state index contributed by atoms with van der Waals surface area (Å²) in [6.45, 7) is 0.981. The molecule has 3 aromatic rings. The highest BCUT2D eigenvalue weighted by Crippen LogP contribution is 2.34. The van der Waals surface area contributed by atoms with Crippen molar-refractivity contribution in [2.24, 2.45) is 0 Å². The lowest BCUT2D eigenvalue weighted by Gasteiger charge is -2.34. The Hall–Kier alpha value is -3.42. The number of sulfonamides is 1. The zero-order valence-electron chi connectivity index (χ0n) is 18.4. The molecule has 2 aromatic carbocycles. The highest BCUT2D eigenvalue weighted by molar-refractivity contribution is 7.89. The summed E-state index contributed by atoms with van der Waals surface area (Å²) in [5.41, 5.74) is 6.45. The smallest absolute Gasteiger partial charge is 0.270 e. The Kier molecular flexibility index (Phi) is 7.29. The van der Waals surface area contributed by atoms with Gasteiger partial charge >= 0.3 is 0 Å². The summed E-state index contributed by atoms with van der Waals surface area (Å²) in [5, 5.41) is 11.6. The van der Waals surface area contributed by atoms with Crippen LogP contribution in [0.4, 0.5) is 17.5 Å². The van der Waals surface area contributed by atoms with E-state index in [1.165, 1.54) is 36.7 Å². The van der Waals surface area contributed by atoms with Gasteiger partial charge in [0.25, 0.3) is 5.69 Å². The van der Waals surface area contributed by atoms with Gasteiger partial charge < -0.3 is 20.1 Å². The standard InChI is InChI=1S/C20H22N6O6S.ClH/c1-31-17-11-15-16(12-18(17)32-2)22-20(23-19(15)21)24-6-8-25(9-7-24)33(29,30)14-5-3-4-13(10-14)26(27)28;/h3-5,10-12H,6-9H2,1-2H3,(H2,21,22,23);1H. The molecule has 0 spiro atoms. The van der Waals surface area contributed by atoms with Crippen LogP contribution in [0, 0.1) is 10.1 Å². The molecule has 1 aliphatic heterocycles. The van der Waals surface area contributed by atoms with E-state index < -0.39 is 14.9 Å². The maximum atomic E-state index is 13.0. The molecule has 2 heterocycles. The van der Waals surface area contributed by atoms with E-state index in [0.717, 1.165) is 6.07 Å². The summed E-state index contributed by atoms with van der Waals surface area (Å²) in [6.07, 6.45) is 0. The van der Waals surface area contributed by atoms with E-state index in [1.54, 1.807) is 12.1 Å². The first kappa shape index (κ1) is 25.2. The maximum Gasteiger partial charge on any atom is 0.270 e. The summed E-state index contributed by atoms with van der Waals surface area (Å²) < 4.78 is 37.9. The van der Waals surface area contributed by atoms with E-state index in [-0.39, 0.29) is 41.9 Å². The third-order valence-electron chi connectivity index (χ3n) is 5.41. The van der Waals surface area contributed by atoms with E-state index in [4.69, 9.17) is 15.2 Å². The number of non-ortho nitro benzene ring substituents is 1. The summed E-state index contributed by atoms with van der Waals surface area (Å²) in [7, 11) is -0.829. The quantitative estimate of drug-likeness (QED) is 0.385. The second-order valence-electron chi connectivity index (χ2n) is 7.28. The Morgan fingerprint density at radius 2 is 1.68 bits per heavy atom. The number of nitro groups is 1. The molecule has 182 valence electrons. The highest BCUT2D eigenvalue weighted by atomic mass is 35.5. The number of nitrogens with two attached hydrogens (primary N) is 1. The number of fused-ring (bicyclic) bond motifs is 1. The van der Waals surface area contributed by atoms with Gasteiger partial charge in [0, 0.05) is 49.8 Å². The van der Waals surface area contributed by atoms with E-state index >= 15 is 0 Å². The maximum absolute atomic E-state index is 13.0. The Labute approximate surface area is 201 Å². The third-order valence-corrected chi connectivity index (χ3v) is 7.30. The summed E-state index contributed by atoms with van der Waals surface area (Å²) >= 11 is 0. The minimum Gasteiger partial charge on any atom is -0.493 e. The van der Waals surface area contributed by atoms with E-state index in [1.807, 2.05) is 4.90 Å². The molecule has 0 amide bonds. The van der Waals surface area contributed by atoms with Gasteiger partial charge in [0.15, 0.2) is 11.5 Å². The number of ether oxygens (including phenoxy) is 2. The van der Waals surface area contributed by atoms with Crippen LogP contribution in [0.15, 0.2) is 41.3 Å². The van der Waals surface area contributed by atoms with Gasteiger partial charge in [-0.3, -0.25) is 10.1 Å². The predicted molar refractivity (Wildman–Crippen MR) is 128 cm³/mol. The van der Waals surface area contributed by atoms with Crippen molar-refractivity contribution in [1.29, 1.82) is 0 Å². The lowest BCUT2D eigenvalue weighted by molar-refractivity contribution is -0.385. The zero-order chi connectivity index (χ0) is 23.8. The molecule has 1 fully saturated rings. The van der Waals surface area contributed by atoms with Crippen LogP contribution in [0.5, 0.6) is 11.5 Å². The van der Waals surface area contributed by atoms with Crippen molar-refractivity contribution in [3.8, 4) is 11.5 Å². The minimum absolute atomic E-state index is 0. The van der Waals surface area contributed by atoms with Crippen LogP contribution in [0.1, 0.15) is 0 Å². The number of methoxy groups -OCH3 is 2. The fraction of sp³-hybridized carbons (Fsp3) is 0.300. The number of nitrogens with zero attached hydrogens (tertiary/aromatic N) is 5. The first-order valence-corrected chi connectivity index (χ1v) is 11.4. The summed E-state index contributed by atoms with van der Waals surface area (Å²) in [6, 6.07) is 8.44. The van der Waals surface area contributed by atoms with Gasteiger partial charge in [0.05, 0.1) is 29.6 Å². The van der Waals surface area contributed by atoms with Crippen LogP contribution in [0.2, 0.25) is 0 Å². The number of benzene rings is 2. The van der Waals surface area contributed by atoms with Crippen LogP contribution >= 0.6 is 12.4 Å². The molecule has 0 radical (unpaired) electrons. The molecular weight excluding hydrogens is 488 g/mol. The number of hydrogen-bond acceptors (Lipinski definition) is 10. The van der Waals surface area contributed by atoms with Crippen molar-refractivity contribution in [2.45, 2.75) is 4.90 Å². The Morgan fingerprint density at radius 3 is 2.29 bits per heavy atom. The average Bonchev–Trinajstić information content (AvgIpc) is 2.83. The normalized spacial score (nSPS) is 14.5. The second kappa shape index (κ2) is 9.83. The van der Waals surface area contributed by atoms with Crippen LogP contribution in [0.3, 0.4) is 0 Å². The monoisotopic (exact) mass is 510 g/mol. The van der Waals surface area contributed by atoms with Crippen molar-refractivity contribution in [1.82, 2.24) is 14.3 Å². The predicted octanol–water partition coefficient (Wildman–Crippen LogP) is 2.07. The molecule has 1 aromatic heterocycles. The van der Waals surface area contributed by atoms with Gasteiger partial charge in [-0.15, -0.1) is 12.4 Å². The van der Waals surface area contributed by atoms with Gasteiger partial charge in [0.2, 0.25) is 16.0 Å². The van der Waals surface area contributed by atoms with Crippen LogP contribution < -0.4 is 20.1 Å². The van der Waals surface area contributed by atoms with Gasteiger partial charge in [-0.25, -0.2) is 13.4 Å². The van der Waals surface area contributed by atoms with Gasteiger partial charge in [-0.1, -0.05) is 6.07 Å². The lowest BCUT2D eigenvalue weighted by Crippen LogP contribution is -2.49. The average molecular weight is 511 g/mol. The van der Waals surface area contributed by atoms with Gasteiger partial charge in [0.1, 0.15) is 5.82 Å². The number of rotatable bonds is 6. The molecule has 14 heteroatoms. The molecule has 12 nitrogen and oxygen atoms in total. The fourth-order valence-electron chi connectivity index (χ4n) is 3.64. The first-order valence-electron chi connectivity index (χ1n) is 9.93. The molecule has 0 saturated carbocycles. The minimum atomic E-state index is -3.88. The molecule has 0 atom stereocenters. The number of hydrogen-bond donors (Lipinski definition) is 1. The van der Waals surface area contributed by atoms with Crippen molar-refractivity contribution in [2.75, 3.05) is 51.0 Å². The summed E-state index contributed by atoms with van der Waals surface area (Å²) in [5.74, 6) is 1.65. The molecule has 0 bridgehead atoms.